The van der Waals surface area contributed by atoms with Crippen LogP contribution in [-0.4, -0.2) is 21.2 Å². The molecule has 1 aromatic heterocycles. The van der Waals surface area contributed by atoms with Crippen molar-refractivity contribution in [2.75, 3.05) is 0 Å². The van der Waals surface area contributed by atoms with Crippen LogP contribution in [0.5, 0.6) is 0 Å². The largest absolute Gasteiger partial charge is 0.478 e. The molecule has 0 unspecified atom stereocenters. The molecule has 0 spiro atoms. The van der Waals surface area contributed by atoms with E-state index in [2.05, 4.69) is 20.9 Å². The van der Waals surface area contributed by atoms with Gasteiger partial charge in [-0.25, -0.2) is 9.78 Å². The standard InChI is InChI=1S/C17H11BrClNO3/c18-11-3-1-9(2-4-11)15-7-14(17(22)23)13-6-12(19)5-10(8-21)16(13)20-15/h1-7,21H,8H2,(H,22,23). The Hall–Kier alpha value is -1.95. The first-order chi connectivity index (χ1) is 11.0. The monoisotopic (exact) mass is 391 g/mol. The van der Waals surface area contributed by atoms with Gasteiger partial charge >= 0.3 is 5.97 Å². The van der Waals surface area contributed by atoms with Crippen molar-refractivity contribution in [1.29, 1.82) is 0 Å². The Morgan fingerprint density at radius 2 is 1.87 bits per heavy atom. The van der Waals surface area contributed by atoms with Crippen LogP contribution in [0.25, 0.3) is 22.2 Å². The highest BCUT2D eigenvalue weighted by molar-refractivity contribution is 9.10. The predicted molar refractivity (Wildman–Crippen MR) is 92.8 cm³/mol. The van der Waals surface area contributed by atoms with Gasteiger partial charge in [0, 0.05) is 26.0 Å². The lowest BCUT2D eigenvalue weighted by Crippen LogP contribution is -2.02. The normalized spacial score (nSPS) is 10.9. The number of nitrogens with zero attached hydrogens (tertiary/aromatic N) is 1. The molecule has 0 bridgehead atoms. The third-order valence-electron chi connectivity index (χ3n) is 3.50. The van der Waals surface area contributed by atoms with Crippen molar-refractivity contribution in [3.63, 3.8) is 0 Å². The average molecular weight is 393 g/mol. The summed E-state index contributed by atoms with van der Waals surface area (Å²) in [4.78, 5) is 16.2. The van der Waals surface area contributed by atoms with Gasteiger partial charge in [-0.05, 0) is 30.3 Å². The number of pyridine rings is 1. The molecular weight excluding hydrogens is 382 g/mol. The number of fused-ring (bicyclic) bond motifs is 1. The predicted octanol–water partition coefficient (Wildman–Crippen LogP) is 4.51. The summed E-state index contributed by atoms with van der Waals surface area (Å²) in [6.07, 6.45) is 0. The fourth-order valence-electron chi connectivity index (χ4n) is 2.43. The zero-order valence-corrected chi connectivity index (χ0v) is 14.1. The number of carbonyl (C=O) groups is 1. The maximum atomic E-state index is 11.6. The van der Waals surface area contributed by atoms with Gasteiger partial charge in [-0.15, -0.1) is 0 Å². The molecule has 0 amide bonds. The van der Waals surface area contributed by atoms with Crippen LogP contribution in [0, 0.1) is 0 Å². The second-order valence-corrected chi connectivity index (χ2v) is 6.34. The van der Waals surface area contributed by atoms with E-state index in [1.165, 1.54) is 6.07 Å². The summed E-state index contributed by atoms with van der Waals surface area (Å²) in [6.45, 7) is -0.271. The molecule has 0 saturated heterocycles. The van der Waals surface area contributed by atoms with Crippen molar-refractivity contribution in [2.24, 2.45) is 0 Å². The number of hydrogen-bond acceptors (Lipinski definition) is 3. The summed E-state index contributed by atoms with van der Waals surface area (Å²) in [5, 5.41) is 19.8. The maximum Gasteiger partial charge on any atom is 0.336 e. The third kappa shape index (κ3) is 3.08. The molecule has 116 valence electrons. The molecule has 23 heavy (non-hydrogen) atoms. The Labute approximate surface area is 145 Å². The molecule has 0 atom stereocenters. The molecule has 6 heteroatoms. The molecule has 0 aliphatic rings. The van der Waals surface area contributed by atoms with Gasteiger partial charge in [0.1, 0.15) is 0 Å². The molecule has 2 aromatic carbocycles. The Morgan fingerprint density at radius 1 is 1.17 bits per heavy atom. The van der Waals surface area contributed by atoms with Crippen LogP contribution < -0.4 is 0 Å². The summed E-state index contributed by atoms with van der Waals surface area (Å²) in [5.41, 5.74) is 2.35. The van der Waals surface area contributed by atoms with Crippen LogP contribution in [0.4, 0.5) is 0 Å². The lowest BCUT2D eigenvalue weighted by Gasteiger charge is -2.11. The van der Waals surface area contributed by atoms with Crippen LogP contribution in [-0.2, 0) is 6.61 Å². The fraction of sp³-hybridized carbons (Fsp3) is 0.0588. The number of aromatic carboxylic acids is 1. The van der Waals surface area contributed by atoms with Crippen LogP contribution in [0.15, 0.2) is 46.9 Å². The first-order valence-electron chi connectivity index (χ1n) is 6.73. The molecular formula is C17H11BrClNO3. The number of rotatable bonds is 3. The van der Waals surface area contributed by atoms with Gasteiger partial charge in [0.15, 0.2) is 0 Å². The first kappa shape index (κ1) is 15.9. The second-order valence-electron chi connectivity index (χ2n) is 4.99. The van der Waals surface area contributed by atoms with Crippen molar-refractivity contribution in [3.05, 3.63) is 63.1 Å². The smallest absolute Gasteiger partial charge is 0.336 e. The quantitative estimate of drug-likeness (QED) is 0.688. The van der Waals surface area contributed by atoms with Crippen molar-refractivity contribution >= 4 is 44.4 Å². The number of aromatic nitrogens is 1. The zero-order valence-electron chi connectivity index (χ0n) is 11.8. The Kier molecular flexibility index (Phi) is 4.35. The molecule has 0 fully saturated rings. The zero-order chi connectivity index (χ0) is 16.6. The molecule has 0 aliphatic carbocycles. The van der Waals surface area contributed by atoms with Crippen molar-refractivity contribution < 1.29 is 15.0 Å². The van der Waals surface area contributed by atoms with E-state index >= 15 is 0 Å². The summed E-state index contributed by atoms with van der Waals surface area (Å²) in [5.74, 6) is -1.07. The summed E-state index contributed by atoms with van der Waals surface area (Å²) in [7, 11) is 0. The lowest BCUT2D eigenvalue weighted by molar-refractivity contribution is 0.0699. The average Bonchev–Trinajstić information content (AvgIpc) is 2.53. The van der Waals surface area contributed by atoms with Crippen LogP contribution >= 0.6 is 27.5 Å². The lowest BCUT2D eigenvalue weighted by atomic mass is 10.0. The van der Waals surface area contributed by atoms with Crippen molar-refractivity contribution in [3.8, 4) is 11.3 Å². The van der Waals surface area contributed by atoms with Crippen molar-refractivity contribution in [1.82, 2.24) is 4.98 Å². The highest BCUT2D eigenvalue weighted by atomic mass is 79.9. The van der Waals surface area contributed by atoms with Crippen LogP contribution in [0.3, 0.4) is 0 Å². The minimum atomic E-state index is -1.07. The third-order valence-corrected chi connectivity index (χ3v) is 4.24. The Bertz CT molecular complexity index is 910. The Balaban J connectivity index is 2.35. The minimum Gasteiger partial charge on any atom is -0.478 e. The van der Waals surface area contributed by atoms with E-state index in [9.17, 15) is 15.0 Å². The number of benzene rings is 2. The minimum absolute atomic E-state index is 0.102. The second kappa shape index (κ2) is 6.28. The number of hydrogen-bond donors (Lipinski definition) is 2. The number of halogens is 2. The van der Waals surface area contributed by atoms with Crippen LogP contribution in [0.2, 0.25) is 5.02 Å². The summed E-state index contributed by atoms with van der Waals surface area (Å²) >= 11 is 9.38. The van der Waals surface area contributed by atoms with Gasteiger partial charge < -0.3 is 10.2 Å². The topological polar surface area (TPSA) is 70.4 Å². The van der Waals surface area contributed by atoms with Gasteiger partial charge in [-0.3, -0.25) is 0 Å². The Morgan fingerprint density at radius 3 is 2.48 bits per heavy atom. The van der Waals surface area contributed by atoms with Gasteiger partial charge in [-0.1, -0.05) is 39.7 Å². The van der Waals surface area contributed by atoms with E-state index in [-0.39, 0.29) is 12.2 Å². The van der Waals surface area contributed by atoms with E-state index in [0.29, 0.717) is 27.2 Å². The molecule has 2 N–H and O–H groups in total. The number of carboxylic acid groups (broad SMARTS) is 1. The maximum absolute atomic E-state index is 11.6. The summed E-state index contributed by atoms with van der Waals surface area (Å²) in [6, 6.07) is 12.1. The molecule has 0 aliphatic heterocycles. The summed E-state index contributed by atoms with van der Waals surface area (Å²) < 4.78 is 0.920. The highest BCUT2D eigenvalue weighted by Crippen LogP contribution is 2.30. The van der Waals surface area contributed by atoms with Crippen LogP contribution in [0.1, 0.15) is 15.9 Å². The molecule has 1 heterocycles. The SMILES string of the molecule is O=C(O)c1cc(-c2ccc(Br)cc2)nc2c(CO)cc(Cl)cc12. The van der Waals surface area contributed by atoms with E-state index in [0.717, 1.165) is 10.0 Å². The van der Waals surface area contributed by atoms with Gasteiger partial charge in [0.25, 0.3) is 0 Å². The molecule has 0 radical (unpaired) electrons. The fourth-order valence-corrected chi connectivity index (χ4v) is 2.93. The molecule has 3 rings (SSSR count). The highest BCUT2D eigenvalue weighted by Gasteiger charge is 2.16. The number of carboxylic acids is 1. The number of aliphatic hydroxyl groups excluding tert-OH is 1. The van der Waals surface area contributed by atoms with E-state index in [4.69, 9.17) is 11.6 Å². The van der Waals surface area contributed by atoms with Crippen molar-refractivity contribution in [2.45, 2.75) is 6.61 Å². The molecule has 0 saturated carbocycles. The molecule has 4 nitrogen and oxygen atoms in total. The molecule has 3 aromatic rings. The number of aliphatic hydroxyl groups is 1. The first-order valence-corrected chi connectivity index (χ1v) is 7.90. The van der Waals surface area contributed by atoms with E-state index in [1.807, 2.05) is 24.3 Å². The van der Waals surface area contributed by atoms with Gasteiger partial charge in [0.2, 0.25) is 0 Å². The van der Waals surface area contributed by atoms with Gasteiger partial charge in [0.05, 0.1) is 23.4 Å². The van der Waals surface area contributed by atoms with E-state index in [1.54, 1.807) is 12.1 Å². The van der Waals surface area contributed by atoms with E-state index < -0.39 is 5.97 Å². The van der Waals surface area contributed by atoms with Gasteiger partial charge in [-0.2, -0.15) is 0 Å².